The minimum absolute atomic E-state index is 0.0155. The van der Waals surface area contributed by atoms with E-state index >= 15 is 0 Å². The molecular formula is C15H17F4NO2. The van der Waals surface area contributed by atoms with Crippen LogP contribution in [0.3, 0.4) is 0 Å². The van der Waals surface area contributed by atoms with Gasteiger partial charge >= 0.3 is 0 Å². The van der Waals surface area contributed by atoms with Gasteiger partial charge in [0.05, 0.1) is 5.69 Å². The highest BCUT2D eigenvalue weighted by molar-refractivity contribution is 5.96. The number of benzene rings is 1. The van der Waals surface area contributed by atoms with Gasteiger partial charge in [-0.1, -0.05) is 0 Å². The summed E-state index contributed by atoms with van der Waals surface area (Å²) < 4.78 is 60.3. The largest absolute Gasteiger partial charge is 0.381 e. The van der Waals surface area contributed by atoms with E-state index in [9.17, 15) is 22.4 Å². The Labute approximate surface area is 125 Å². The van der Waals surface area contributed by atoms with Crippen LogP contribution in [0.1, 0.15) is 25.3 Å². The standard InChI is InChI=1S/C15H17F4NO2/c1-9-7-11(17)12(8-10(9)16)20-13(21)15(14(2,18)19)3-5-22-6-4-15/h7-8H,3-6H2,1-2H3,(H,20,21). The van der Waals surface area contributed by atoms with Gasteiger partial charge in [-0.3, -0.25) is 4.79 Å². The molecular weight excluding hydrogens is 302 g/mol. The highest BCUT2D eigenvalue weighted by Gasteiger charge is 2.56. The van der Waals surface area contributed by atoms with E-state index in [1.54, 1.807) is 0 Å². The van der Waals surface area contributed by atoms with E-state index in [0.29, 0.717) is 6.92 Å². The molecule has 0 atom stereocenters. The van der Waals surface area contributed by atoms with Crippen LogP contribution in [0.15, 0.2) is 12.1 Å². The molecule has 1 fully saturated rings. The second kappa shape index (κ2) is 5.87. The Morgan fingerprint density at radius 3 is 2.36 bits per heavy atom. The molecule has 1 aromatic carbocycles. The van der Waals surface area contributed by atoms with Gasteiger partial charge in [-0.2, -0.15) is 0 Å². The molecule has 7 heteroatoms. The molecule has 1 aliphatic heterocycles. The number of carbonyl (C=O) groups excluding carboxylic acids is 1. The number of hydrogen-bond acceptors (Lipinski definition) is 2. The average Bonchev–Trinajstić information content (AvgIpc) is 2.44. The first-order valence-electron chi connectivity index (χ1n) is 6.90. The zero-order valence-corrected chi connectivity index (χ0v) is 12.3. The van der Waals surface area contributed by atoms with Gasteiger partial charge in [-0.25, -0.2) is 17.6 Å². The number of amides is 1. The third-order valence-electron chi connectivity index (χ3n) is 4.12. The minimum atomic E-state index is -3.30. The molecule has 1 aliphatic rings. The van der Waals surface area contributed by atoms with Crippen molar-refractivity contribution in [2.75, 3.05) is 18.5 Å². The van der Waals surface area contributed by atoms with Crippen LogP contribution >= 0.6 is 0 Å². The normalized spacial score (nSPS) is 18.1. The van der Waals surface area contributed by atoms with Crippen molar-refractivity contribution in [1.82, 2.24) is 0 Å². The SMILES string of the molecule is Cc1cc(F)c(NC(=O)C2(C(C)(F)F)CCOCC2)cc1F. The van der Waals surface area contributed by atoms with Crippen molar-refractivity contribution in [3.8, 4) is 0 Å². The van der Waals surface area contributed by atoms with E-state index in [0.717, 1.165) is 12.1 Å². The molecule has 1 saturated heterocycles. The topological polar surface area (TPSA) is 38.3 Å². The number of anilines is 1. The molecule has 2 rings (SSSR count). The molecule has 3 nitrogen and oxygen atoms in total. The van der Waals surface area contributed by atoms with Gasteiger partial charge in [-0.15, -0.1) is 0 Å². The fraction of sp³-hybridized carbons (Fsp3) is 0.533. The van der Waals surface area contributed by atoms with Gasteiger partial charge in [0.15, 0.2) is 0 Å². The lowest BCUT2D eigenvalue weighted by atomic mass is 9.74. The first-order valence-corrected chi connectivity index (χ1v) is 6.90. The Bertz CT molecular complexity index is 578. The van der Waals surface area contributed by atoms with Crippen molar-refractivity contribution < 1.29 is 27.1 Å². The van der Waals surface area contributed by atoms with E-state index in [2.05, 4.69) is 5.32 Å². The molecule has 1 N–H and O–H groups in total. The lowest BCUT2D eigenvalue weighted by Gasteiger charge is -2.39. The van der Waals surface area contributed by atoms with Crippen LogP contribution in [-0.2, 0) is 9.53 Å². The quantitative estimate of drug-likeness (QED) is 0.864. The van der Waals surface area contributed by atoms with E-state index < -0.39 is 34.6 Å². The predicted molar refractivity (Wildman–Crippen MR) is 72.8 cm³/mol. The fourth-order valence-electron chi connectivity index (χ4n) is 2.57. The zero-order valence-electron chi connectivity index (χ0n) is 12.3. The molecule has 22 heavy (non-hydrogen) atoms. The van der Waals surface area contributed by atoms with Crippen molar-refractivity contribution in [3.05, 3.63) is 29.3 Å². The molecule has 0 unspecified atom stereocenters. The molecule has 0 bridgehead atoms. The minimum Gasteiger partial charge on any atom is -0.381 e. The van der Waals surface area contributed by atoms with E-state index in [-0.39, 0.29) is 31.6 Å². The zero-order chi connectivity index (χ0) is 16.5. The van der Waals surface area contributed by atoms with E-state index in [1.807, 2.05) is 0 Å². The van der Waals surface area contributed by atoms with Crippen LogP contribution in [-0.4, -0.2) is 25.0 Å². The summed E-state index contributed by atoms with van der Waals surface area (Å²) in [7, 11) is 0. The summed E-state index contributed by atoms with van der Waals surface area (Å²) in [4.78, 5) is 12.3. The first kappa shape index (κ1) is 16.7. The van der Waals surface area contributed by atoms with Crippen molar-refractivity contribution in [2.24, 2.45) is 5.41 Å². The lowest BCUT2D eigenvalue weighted by molar-refractivity contribution is -0.169. The van der Waals surface area contributed by atoms with Gasteiger partial charge in [0, 0.05) is 26.2 Å². The van der Waals surface area contributed by atoms with Gasteiger partial charge < -0.3 is 10.1 Å². The molecule has 0 aromatic heterocycles. The third-order valence-corrected chi connectivity index (χ3v) is 4.12. The Hall–Kier alpha value is -1.63. The molecule has 0 saturated carbocycles. The predicted octanol–water partition coefficient (Wildman–Crippen LogP) is 3.66. The summed E-state index contributed by atoms with van der Waals surface area (Å²) in [6, 6.07) is 1.70. The molecule has 0 spiro atoms. The Kier molecular flexibility index (Phi) is 4.47. The van der Waals surface area contributed by atoms with E-state index in [1.165, 1.54) is 6.92 Å². The Morgan fingerprint density at radius 1 is 1.23 bits per heavy atom. The summed E-state index contributed by atoms with van der Waals surface area (Å²) in [5, 5.41) is 2.11. The molecule has 0 aliphatic carbocycles. The van der Waals surface area contributed by atoms with Crippen LogP contribution < -0.4 is 5.32 Å². The number of ether oxygens (including phenoxy) is 1. The maximum absolute atomic E-state index is 14.0. The molecule has 1 amide bonds. The van der Waals surface area contributed by atoms with Crippen molar-refractivity contribution in [1.29, 1.82) is 0 Å². The van der Waals surface area contributed by atoms with Crippen LogP contribution in [0.4, 0.5) is 23.2 Å². The smallest absolute Gasteiger partial charge is 0.259 e. The number of halogens is 4. The summed E-state index contributed by atoms with van der Waals surface area (Å²) >= 11 is 0. The number of aryl methyl sites for hydroxylation is 1. The second-order valence-electron chi connectivity index (χ2n) is 5.62. The lowest BCUT2D eigenvalue weighted by Crippen LogP contribution is -2.52. The summed E-state index contributed by atoms with van der Waals surface area (Å²) in [5.41, 5.74) is -2.36. The van der Waals surface area contributed by atoms with Crippen LogP contribution in [0.5, 0.6) is 0 Å². The second-order valence-corrected chi connectivity index (χ2v) is 5.62. The fourth-order valence-corrected chi connectivity index (χ4v) is 2.57. The Balaban J connectivity index is 2.31. The van der Waals surface area contributed by atoms with Gasteiger partial charge in [0.1, 0.15) is 17.0 Å². The number of carbonyl (C=O) groups is 1. The summed E-state index contributed by atoms with van der Waals surface area (Å²) in [5.74, 6) is -5.92. The number of nitrogens with one attached hydrogen (secondary N) is 1. The number of rotatable bonds is 3. The highest BCUT2D eigenvalue weighted by atomic mass is 19.3. The van der Waals surface area contributed by atoms with Crippen LogP contribution in [0, 0.1) is 24.0 Å². The molecule has 1 aromatic rings. The van der Waals surface area contributed by atoms with Gasteiger partial charge in [0.25, 0.3) is 5.92 Å². The highest BCUT2D eigenvalue weighted by Crippen LogP contribution is 2.45. The summed E-state index contributed by atoms with van der Waals surface area (Å²) in [6.07, 6.45) is -0.364. The maximum Gasteiger partial charge on any atom is 0.259 e. The van der Waals surface area contributed by atoms with Gasteiger partial charge in [0.2, 0.25) is 5.91 Å². The Morgan fingerprint density at radius 2 is 1.82 bits per heavy atom. The van der Waals surface area contributed by atoms with E-state index in [4.69, 9.17) is 4.74 Å². The molecule has 0 radical (unpaired) electrons. The monoisotopic (exact) mass is 319 g/mol. The number of hydrogen-bond donors (Lipinski definition) is 1. The van der Waals surface area contributed by atoms with Gasteiger partial charge in [-0.05, 0) is 31.4 Å². The van der Waals surface area contributed by atoms with Crippen molar-refractivity contribution in [2.45, 2.75) is 32.6 Å². The first-order chi connectivity index (χ1) is 10.2. The molecule has 122 valence electrons. The number of alkyl halides is 2. The average molecular weight is 319 g/mol. The van der Waals surface area contributed by atoms with Crippen molar-refractivity contribution >= 4 is 11.6 Å². The molecule has 1 heterocycles. The summed E-state index contributed by atoms with van der Waals surface area (Å²) in [6.45, 7) is 2.05. The third kappa shape index (κ3) is 2.95. The van der Waals surface area contributed by atoms with Crippen LogP contribution in [0.2, 0.25) is 0 Å². The van der Waals surface area contributed by atoms with Crippen LogP contribution in [0.25, 0.3) is 0 Å². The van der Waals surface area contributed by atoms with Crippen molar-refractivity contribution in [3.63, 3.8) is 0 Å². The maximum atomic E-state index is 14.0.